The Labute approximate surface area is 105 Å². The summed E-state index contributed by atoms with van der Waals surface area (Å²) in [6.07, 6.45) is 6.14. The number of nitrogen functional groups attached to an aromatic ring is 1. The van der Waals surface area contributed by atoms with Crippen LogP contribution in [0, 0.1) is 6.92 Å². The zero-order chi connectivity index (χ0) is 12.7. The van der Waals surface area contributed by atoms with E-state index in [1.807, 2.05) is 6.92 Å². The van der Waals surface area contributed by atoms with Gasteiger partial charge in [-0.1, -0.05) is 12.8 Å². The summed E-state index contributed by atoms with van der Waals surface area (Å²) < 4.78 is 1.80. The summed E-state index contributed by atoms with van der Waals surface area (Å²) in [5, 5.41) is 0.770. The molecule has 18 heavy (non-hydrogen) atoms. The van der Waals surface area contributed by atoms with Gasteiger partial charge in [0.25, 0.3) is 5.56 Å². The van der Waals surface area contributed by atoms with Crippen LogP contribution in [-0.4, -0.2) is 14.5 Å². The molecule has 0 unspecified atom stereocenters. The van der Waals surface area contributed by atoms with Gasteiger partial charge in [-0.25, -0.2) is 9.97 Å². The van der Waals surface area contributed by atoms with Gasteiger partial charge in [-0.3, -0.25) is 9.36 Å². The highest BCUT2D eigenvalue weighted by molar-refractivity contribution is 5.86. The number of nitrogens with zero attached hydrogens (tertiary/aromatic N) is 3. The molecule has 1 saturated carbocycles. The van der Waals surface area contributed by atoms with Gasteiger partial charge in [-0.05, 0) is 19.8 Å². The van der Waals surface area contributed by atoms with E-state index < -0.39 is 0 Å². The van der Waals surface area contributed by atoms with Crippen LogP contribution in [0.4, 0.5) is 5.69 Å². The summed E-state index contributed by atoms with van der Waals surface area (Å²) in [6.45, 7) is 1.83. The first-order valence-corrected chi connectivity index (χ1v) is 6.31. The second-order valence-corrected chi connectivity index (χ2v) is 4.90. The second-order valence-electron chi connectivity index (χ2n) is 4.90. The van der Waals surface area contributed by atoms with E-state index in [0.29, 0.717) is 17.2 Å². The number of anilines is 1. The molecule has 2 N–H and O–H groups in total. The lowest BCUT2D eigenvalue weighted by Crippen LogP contribution is -2.24. The van der Waals surface area contributed by atoms with E-state index in [1.54, 1.807) is 10.8 Å². The van der Waals surface area contributed by atoms with Crippen LogP contribution >= 0.6 is 0 Å². The van der Waals surface area contributed by atoms with E-state index in [1.165, 1.54) is 18.9 Å². The average Bonchev–Trinajstić information content (AvgIpc) is 2.82. The molecule has 94 valence electrons. The molecule has 1 fully saturated rings. The summed E-state index contributed by atoms with van der Waals surface area (Å²) in [7, 11) is 0. The molecule has 5 heteroatoms. The summed E-state index contributed by atoms with van der Waals surface area (Å²) >= 11 is 0. The van der Waals surface area contributed by atoms with E-state index in [-0.39, 0.29) is 11.6 Å². The Morgan fingerprint density at radius 1 is 1.39 bits per heavy atom. The number of aryl methyl sites for hydroxylation is 1. The van der Waals surface area contributed by atoms with Crippen molar-refractivity contribution in [2.45, 2.75) is 38.6 Å². The van der Waals surface area contributed by atoms with Crippen LogP contribution < -0.4 is 11.3 Å². The zero-order valence-electron chi connectivity index (χ0n) is 10.4. The summed E-state index contributed by atoms with van der Waals surface area (Å²) in [5.74, 6) is 0.666. The molecule has 2 heterocycles. The van der Waals surface area contributed by atoms with Crippen LogP contribution in [0.3, 0.4) is 0 Å². The van der Waals surface area contributed by atoms with Crippen molar-refractivity contribution in [3.05, 3.63) is 28.4 Å². The highest BCUT2D eigenvalue weighted by atomic mass is 16.1. The molecule has 0 radical (unpaired) electrons. The van der Waals surface area contributed by atoms with Gasteiger partial charge in [0, 0.05) is 24.0 Å². The lowest BCUT2D eigenvalue weighted by Gasteiger charge is -2.16. The second kappa shape index (κ2) is 4.08. The Bertz CT molecular complexity index is 656. The van der Waals surface area contributed by atoms with Crippen molar-refractivity contribution in [3.8, 4) is 0 Å². The molecule has 0 bridgehead atoms. The summed E-state index contributed by atoms with van der Waals surface area (Å²) in [4.78, 5) is 20.7. The summed E-state index contributed by atoms with van der Waals surface area (Å²) in [6, 6.07) is 1.74. The lowest BCUT2D eigenvalue weighted by molar-refractivity contribution is 0.515. The van der Waals surface area contributed by atoms with Gasteiger partial charge in [-0.15, -0.1) is 0 Å². The maximum Gasteiger partial charge on any atom is 0.254 e. The van der Waals surface area contributed by atoms with Crippen molar-refractivity contribution in [1.82, 2.24) is 14.5 Å². The Morgan fingerprint density at radius 2 is 2.11 bits per heavy atom. The molecular formula is C13H16N4O. The Hall–Kier alpha value is -1.91. The third kappa shape index (κ3) is 1.66. The van der Waals surface area contributed by atoms with Crippen LogP contribution in [0.15, 0.2) is 17.1 Å². The fourth-order valence-electron chi connectivity index (χ4n) is 2.75. The summed E-state index contributed by atoms with van der Waals surface area (Å²) in [5.41, 5.74) is 6.97. The maximum absolute atomic E-state index is 12.2. The van der Waals surface area contributed by atoms with Crippen LogP contribution in [0.1, 0.15) is 37.5 Å². The van der Waals surface area contributed by atoms with Crippen molar-refractivity contribution in [3.63, 3.8) is 0 Å². The normalized spacial score (nSPS) is 16.5. The zero-order valence-corrected chi connectivity index (χ0v) is 10.4. The Kier molecular flexibility index (Phi) is 2.54. The molecule has 0 aliphatic heterocycles. The van der Waals surface area contributed by atoms with Crippen molar-refractivity contribution in [2.24, 2.45) is 0 Å². The molecule has 0 aromatic carbocycles. The standard InChI is InChI=1S/C13H16N4O/c1-8-15-7-10-11(14)6-12(18)17(13(10)16-8)9-4-2-3-5-9/h6-7,9H,2-5,14H2,1H3. The molecule has 1 aliphatic carbocycles. The predicted octanol–water partition coefficient (Wildman–Crippen LogP) is 1.80. The monoisotopic (exact) mass is 244 g/mol. The molecule has 2 aromatic rings. The third-order valence-electron chi connectivity index (χ3n) is 3.63. The van der Waals surface area contributed by atoms with Gasteiger partial charge in [0.15, 0.2) is 0 Å². The number of fused-ring (bicyclic) bond motifs is 1. The lowest BCUT2D eigenvalue weighted by atomic mass is 10.2. The van der Waals surface area contributed by atoms with Crippen molar-refractivity contribution < 1.29 is 0 Å². The quantitative estimate of drug-likeness (QED) is 0.830. The Morgan fingerprint density at radius 3 is 2.83 bits per heavy atom. The minimum absolute atomic E-state index is 0.0509. The SMILES string of the molecule is Cc1ncc2c(N)cc(=O)n(C3CCCC3)c2n1. The highest BCUT2D eigenvalue weighted by Crippen LogP contribution is 2.31. The largest absolute Gasteiger partial charge is 0.398 e. The van der Waals surface area contributed by atoms with Gasteiger partial charge in [-0.2, -0.15) is 0 Å². The highest BCUT2D eigenvalue weighted by Gasteiger charge is 2.21. The molecule has 1 aliphatic rings. The predicted molar refractivity (Wildman–Crippen MR) is 70.5 cm³/mol. The van der Waals surface area contributed by atoms with Crippen LogP contribution in [0.5, 0.6) is 0 Å². The first-order chi connectivity index (χ1) is 8.66. The van der Waals surface area contributed by atoms with Gasteiger partial charge in [0.05, 0.1) is 5.39 Å². The number of nitrogens with two attached hydrogens (primary N) is 1. The first-order valence-electron chi connectivity index (χ1n) is 6.31. The molecule has 3 rings (SSSR count). The van der Waals surface area contributed by atoms with E-state index in [9.17, 15) is 4.79 Å². The van der Waals surface area contributed by atoms with Crippen molar-refractivity contribution >= 4 is 16.7 Å². The van der Waals surface area contributed by atoms with Gasteiger partial charge < -0.3 is 5.73 Å². The van der Waals surface area contributed by atoms with Crippen LogP contribution in [0.2, 0.25) is 0 Å². The minimum atomic E-state index is -0.0509. The smallest absolute Gasteiger partial charge is 0.254 e. The van der Waals surface area contributed by atoms with Crippen molar-refractivity contribution in [2.75, 3.05) is 5.73 Å². The maximum atomic E-state index is 12.2. The number of rotatable bonds is 1. The molecule has 2 aromatic heterocycles. The fraction of sp³-hybridized carbons (Fsp3) is 0.462. The minimum Gasteiger partial charge on any atom is -0.398 e. The molecule has 0 spiro atoms. The van der Waals surface area contributed by atoms with Gasteiger partial charge in [0.1, 0.15) is 11.5 Å². The topological polar surface area (TPSA) is 73.8 Å². The Balaban J connectivity index is 2.34. The molecule has 5 nitrogen and oxygen atoms in total. The third-order valence-corrected chi connectivity index (χ3v) is 3.63. The molecule has 0 atom stereocenters. The van der Waals surface area contributed by atoms with E-state index in [2.05, 4.69) is 9.97 Å². The van der Waals surface area contributed by atoms with Crippen LogP contribution in [-0.2, 0) is 0 Å². The van der Waals surface area contributed by atoms with E-state index in [0.717, 1.165) is 18.2 Å². The molecular weight excluding hydrogens is 228 g/mol. The fourth-order valence-corrected chi connectivity index (χ4v) is 2.75. The van der Waals surface area contributed by atoms with Gasteiger partial charge >= 0.3 is 0 Å². The number of pyridine rings is 1. The van der Waals surface area contributed by atoms with Gasteiger partial charge in [0.2, 0.25) is 0 Å². The molecule has 0 amide bonds. The van der Waals surface area contributed by atoms with Crippen LogP contribution in [0.25, 0.3) is 11.0 Å². The van der Waals surface area contributed by atoms with Crippen molar-refractivity contribution in [1.29, 1.82) is 0 Å². The number of hydrogen-bond acceptors (Lipinski definition) is 4. The average molecular weight is 244 g/mol. The number of aromatic nitrogens is 3. The number of hydrogen-bond donors (Lipinski definition) is 1. The van der Waals surface area contributed by atoms with E-state index in [4.69, 9.17) is 5.73 Å². The molecule has 0 saturated heterocycles. The first kappa shape index (κ1) is 11.2. The van der Waals surface area contributed by atoms with E-state index >= 15 is 0 Å².